The molecular formula is C11H12Br2ClNO. The Labute approximate surface area is 117 Å². The van der Waals surface area contributed by atoms with Crippen molar-refractivity contribution in [2.45, 2.75) is 6.92 Å². The molecule has 1 atom stereocenters. The highest BCUT2D eigenvalue weighted by molar-refractivity contribution is 9.10. The molecule has 0 aliphatic carbocycles. The highest BCUT2D eigenvalue weighted by Gasteiger charge is 2.12. The van der Waals surface area contributed by atoms with Crippen LogP contribution < -0.4 is 5.32 Å². The summed E-state index contributed by atoms with van der Waals surface area (Å²) in [5.41, 5.74) is 0.498. The highest BCUT2D eigenvalue weighted by atomic mass is 79.9. The Kier molecular flexibility index (Phi) is 5.79. The summed E-state index contributed by atoms with van der Waals surface area (Å²) in [5, 5.41) is 4.15. The van der Waals surface area contributed by atoms with Gasteiger partial charge in [-0.05, 0) is 34.0 Å². The molecule has 0 saturated carbocycles. The van der Waals surface area contributed by atoms with E-state index in [0.717, 1.165) is 9.80 Å². The van der Waals surface area contributed by atoms with Crippen molar-refractivity contribution in [3.8, 4) is 0 Å². The summed E-state index contributed by atoms with van der Waals surface area (Å²) >= 11 is 12.7. The van der Waals surface area contributed by atoms with Crippen LogP contribution in [0.5, 0.6) is 0 Å². The van der Waals surface area contributed by atoms with Crippen molar-refractivity contribution in [2.24, 2.45) is 5.92 Å². The molecular weight excluding hydrogens is 357 g/mol. The molecule has 0 heterocycles. The predicted molar refractivity (Wildman–Crippen MR) is 74.4 cm³/mol. The molecule has 1 amide bonds. The van der Waals surface area contributed by atoms with E-state index >= 15 is 0 Å². The second-order valence-electron chi connectivity index (χ2n) is 3.57. The minimum absolute atomic E-state index is 0.140. The van der Waals surface area contributed by atoms with Crippen LogP contribution in [0, 0.1) is 5.92 Å². The number of hydrogen-bond donors (Lipinski definition) is 1. The lowest BCUT2D eigenvalue weighted by Gasteiger charge is -2.10. The summed E-state index contributed by atoms with van der Waals surface area (Å²) in [5.74, 6) is 0.258. The first-order valence-electron chi connectivity index (χ1n) is 4.84. The number of carbonyl (C=O) groups excluding carboxylic acids is 1. The van der Waals surface area contributed by atoms with E-state index in [1.807, 2.05) is 0 Å². The van der Waals surface area contributed by atoms with Gasteiger partial charge in [-0.15, -0.1) is 0 Å². The molecule has 1 aromatic rings. The smallest absolute Gasteiger partial charge is 0.252 e. The van der Waals surface area contributed by atoms with Crippen molar-refractivity contribution < 1.29 is 4.79 Å². The minimum atomic E-state index is -0.140. The molecule has 0 aliphatic heterocycles. The van der Waals surface area contributed by atoms with Crippen molar-refractivity contribution in [1.29, 1.82) is 0 Å². The van der Waals surface area contributed by atoms with Crippen LogP contribution in [-0.2, 0) is 0 Å². The molecule has 1 rings (SSSR count). The molecule has 0 bridgehead atoms. The monoisotopic (exact) mass is 367 g/mol. The molecule has 0 spiro atoms. The maximum Gasteiger partial charge on any atom is 0.252 e. The van der Waals surface area contributed by atoms with Gasteiger partial charge in [-0.25, -0.2) is 0 Å². The van der Waals surface area contributed by atoms with Crippen LogP contribution in [-0.4, -0.2) is 17.8 Å². The van der Waals surface area contributed by atoms with Gasteiger partial charge in [0.1, 0.15) is 0 Å². The number of nitrogens with one attached hydrogen (secondary N) is 1. The first kappa shape index (κ1) is 14.0. The van der Waals surface area contributed by atoms with Gasteiger partial charge < -0.3 is 5.32 Å². The third kappa shape index (κ3) is 3.75. The van der Waals surface area contributed by atoms with Gasteiger partial charge in [-0.2, -0.15) is 0 Å². The summed E-state index contributed by atoms with van der Waals surface area (Å²) < 4.78 is 0.732. The standard InChI is InChI=1S/C11H12Br2ClNO/c1-7(5-12)6-15-11(16)8-3-2-4-9(13)10(8)14/h2-4,7H,5-6H2,1H3,(H,15,16). The molecule has 2 nitrogen and oxygen atoms in total. The molecule has 0 saturated heterocycles. The van der Waals surface area contributed by atoms with E-state index < -0.39 is 0 Å². The Hall–Kier alpha value is -0.0600. The van der Waals surface area contributed by atoms with Crippen molar-refractivity contribution in [2.75, 3.05) is 11.9 Å². The zero-order valence-corrected chi connectivity index (χ0v) is 12.7. The van der Waals surface area contributed by atoms with Crippen LogP contribution in [0.4, 0.5) is 0 Å². The largest absolute Gasteiger partial charge is 0.352 e. The normalized spacial score (nSPS) is 12.2. The first-order valence-corrected chi connectivity index (χ1v) is 7.13. The third-order valence-corrected chi connectivity index (χ3v) is 4.47. The zero-order valence-electron chi connectivity index (χ0n) is 8.77. The van der Waals surface area contributed by atoms with Crippen LogP contribution in [0.2, 0.25) is 5.02 Å². The van der Waals surface area contributed by atoms with E-state index in [9.17, 15) is 4.79 Å². The average Bonchev–Trinajstić information content (AvgIpc) is 2.29. The van der Waals surface area contributed by atoms with E-state index in [1.54, 1.807) is 18.2 Å². The lowest BCUT2D eigenvalue weighted by Crippen LogP contribution is -2.29. The van der Waals surface area contributed by atoms with Crippen LogP contribution in [0.3, 0.4) is 0 Å². The Morgan fingerprint density at radius 3 is 2.88 bits per heavy atom. The molecule has 1 aromatic carbocycles. The van der Waals surface area contributed by atoms with Gasteiger partial charge in [-0.3, -0.25) is 4.79 Å². The lowest BCUT2D eigenvalue weighted by atomic mass is 10.2. The summed E-state index contributed by atoms with van der Waals surface area (Å²) in [7, 11) is 0. The van der Waals surface area contributed by atoms with Crippen molar-refractivity contribution in [3.63, 3.8) is 0 Å². The van der Waals surface area contributed by atoms with Gasteiger partial charge in [0.05, 0.1) is 10.6 Å². The van der Waals surface area contributed by atoms with E-state index in [0.29, 0.717) is 23.0 Å². The van der Waals surface area contributed by atoms with E-state index in [2.05, 4.69) is 44.1 Å². The SMILES string of the molecule is CC(CBr)CNC(=O)c1cccc(Br)c1Cl. The molecule has 0 fully saturated rings. The quantitative estimate of drug-likeness (QED) is 0.802. The third-order valence-electron chi connectivity index (χ3n) is 2.07. The average molecular weight is 369 g/mol. The molecule has 1 unspecified atom stereocenters. The molecule has 5 heteroatoms. The molecule has 0 radical (unpaired) electrons. The topological polar surface area (TPSA) is 29.1 Å². The fourth-order valence-corrected chi connectivity index (χ4v) is 1.90. The first-order chi connectivity index (χ1) is 7.56. The van der Waals surface area contributed by atoms with Gasteiger partial charge in [-0.1, -0.05) is 40.5 Å². The van der Waals surface area contributed by atoms with Gasteiger partial charge >= 0.3 is 0 Å². The van der Waals surface area contributed by atoms with E-state index in [-0.39, 0.29) is 5.91 Å². The van der Waals surface area contributed by atoms with Crippen LogP contribution >= 0.6 is 43.5 Å². The summed E-state index contributed by atoms with van der Waals surface area (Å²) in [6.45, 7) is 2.68. The van der Waals surface area contributed by atoms with Crippen LogP contribution in [0.25, 0.3) is 0 Å². The Balaban J connectivity index is 2.70. The summed E-state index contributed by atoms with van der Waals surface area (Å²) in [4.78, 5) is 11.8. The maximum absolute atomic E-state index is 11.8. The summed E-state index contributed by atoms with van der Waals surface area (Å²) in [6.07, 6.45) is 0. The van der Waals surface area contributed by atoms with E-state index in [1.165, 1.54) is 0 Å². The Morgan fingerprint density at radius 1 is 1.56 bits per heavy atom. The molecule has 1 N–H and O–H groups in total. The van der Waals surface area contributed by atoms with Gasteiger partial charge in [0.15, 0.2) is 0 Å². The van der Waals surface area contributed by atoms with Crippen molar-refractivity contribution in [3.05, 3.63) is 33.3 Å². The fourth-order valence-electron chi connectivity index (χ4n) is 1.10. The predicted octanol–water partition coefficient (Wildman–Crippen LogP) is 3.86. The minimum Gasteiger partial charge on any atom is -0.352 e. The highest BCUT2D eigenvalue weighted by Crippen LogP contribution is 2.25. The maximum atomic E-state index is 11.8. The molecule has 16 heavy (non-hydrogen) atoms. The van der Waals surface area contributed by atoms with Crippen LogP contribution in [0.15, 0.2) is 22.7 Å². The van der Waals surface area contributed by atoms with Gasteiger partial charge in [0.2, 0.25) is 0 Å². The number of alkyl halides is 1. The second kappa shape index (κ2) is 6.62. The fraction of sp³-hybridized carbons (Fsp3) is 0.364. The van der Waals surface area contributed by atoms with Crippen molar-refractivity contribution in [1.82, 2.24) is 5.32 Å². The number of halogens is 3. The van der Waals surface area contributed by atoms with E-state index in [4.69, 9.17) is 11.6 Å². The van der Waals surface area contributed by atoms with Gasteiger partial charge in [0, 0.05) is 16.3 Å². The zero-order chi connectivity index (χ0) is 12.1. The summed E-state index contributed by atoms with van der Waals surface area (Å²) in [6, 6.07) is 5.31. The van der Waals surface area contributed by atoms with Crippen LogP contribution in [0.1, 0.15) is 17.3 Å². The number of carbonyl (C=O) groups is 1. The number of hydrogen-bond acceptors (Lipinski definition) is 1. The number of benzene rings is 1. The lowest BCUT2D eigenvalue weighted by molar-refractivity contribution is 0.0949. The molecule has 0 aliphatic rings. The number of amides is 1. The molecule has 0 aromatic heterocycles. The Bertz CT molecular complexity index is 384. The Morgan fingerprint density at radius 2 is 2.25 bits per heavy atom. The number of rotatable bonds is 4. The van der Waals surface area contributed by atoms with Crippen molar-refractivity contribution >= 4 is 49.4 Å². The molecule has 88 valence electrons. The van der Waals surface area contributed by atoms with Gasteiger partial charge in [0.25, 0.3) is 5.91 Å². The second-order valence-corrected chi connectivity index (χ2v) is 5.45.